The van der Waals surface area contributed by atoms with Crippen molar-refractivity contribution in [2.24, 2.45) is 0 Å². The van der Waals surface area contributed by atoms with Crippen molar-refractivity contribution in [1.29, 1.82) is 0 Å². The van der Waals surface area contributed by atoms with Gasteiger partial charge in [0.1, 0.15) is 5.82 Å². The number of halogens is 2. The summed E-state index contributed by atoms with van der Waals surface area (Å²) in [5, 5.41) is 9.76. The van der Waals surface area contributed by atoms with Crippen molar-refractivity contribution in [2.75, 3.05) is 0 Å². The molecule has 3 heteroatoms. The summed E-state index contributed by atoms with van der Waals surface area (Å²) in [4.78, 5) is 0. The fourth-order valence-corrected chi connectivity index (χ4v) is 1.22. The summed E-state index contributed by atoms with van der Waals surface area (Å²) in [5.41, 5.74) is 0.254. The number of hydrogen-bond acceptors (Lipinski definition) is 1. The molecule has 1 unspecified atom stereocenters. The Morgan fingerprint density at radius 3 is 2.85 bits per heavy atom. The first-order chi connectivity index (χ1) is 6.15. The first-order valence-electron chi connectivity index (χ1n) is 3.89. The lowest BCUT2D eigenvalue weighted by molar-refractivity contribution is 0.177. The Hall–Kier alpha value is -0.860. The van der Waals surface area contributed by atoms with Gasteiger partial charge in [-0.3, -0.25) is 0 Å². The Balaban J connectivity index is 2.94. The molecule has 1 nitrogen and oxygen atoms in total. The largest absolute Gasteiger partial charge is 0.388 e. The normalized spacial score (nSPS) is 12.5. The van der Waals surface area contributed by atoms with E-state index in [-0.39, 0.29) is 5.56 Å². The molecule has 1 aromatic carbocycles. The van der Waals surface area contributed by atoms with Gasteiger partial charge in [0, 0.05) is 10.6 Å². The van der Waals surface area contributed by atoms with Crippen LogP contribution < -0.4 is 0 Å². The van der Waals surface area contributed by atoms with Gasteiger partial charge in [0.25, 0.3) is 0 Å². The Labute approximate surface area is 81.5 Å². The van der Waals surface area contributed by atoms with E-state index >= 15 is 0 Å². The van der Waals surface area contributed by atoms with Crippen LogP contribution in [0.5, 0.6) is 0 Å². The summed E-state index contributed by atoms with van der Waals surface area (Å²) >= 11 is 5.56. The van der Waals surface area contributed by atoms with Gasteiger partial charge < -0.3 is 5.11 Å². The molecule has 0 bridgehead atoms. The minimum Gasteiger partial charge on any atom is -0.388 e. The lowest BCUT2D eigenvalue weighted by Crippen LogP contribution is -1.98. The highest BCUT2D eigenvalue weighted by atomic mass is 35.5. The summed E-state index contributed by atoms with van der Waals surface area (Å²) in [6.07, 6.45) is 1.03. The fourth-order valence-electron chi connectivity index (χ4n) is 1.06. The van der Waals surface area contributed by atoms with Gasteiger partial charge in [-0.05, 0) is 18.6 Å². The van der Waals surface area contributed by atoms with E-state index in [9.17, 15) is 9.50 Å². The van der Waals surface area contributed by atoms with Crippen molar-refractivity contribution in [3.8, 4) is 0 Å². The van der Waals surface area contributed by atoms with Crippen molar-refractivity contribution >= 4 is 11.6 Å². The topological polar surface area (TPSA) is 20.2 Å². The lowest BCUT2D eigenvalue weighted by atomic mass is 10.1. The van der Waals surface area contributed by atoms with Crippen molar-refractivity contribution in [3.63, 3.8) is 0 Å². The molecule has 0 amide bonds. The van der Waals surface area contributed by atoms with E-state index in [0.29, 0.717) is 11.4 Å². The zero-order valence-electron chi connectivity index (χ0n) is 7.00. The van der Waals surface area contributed by atoms with Crippen LogP contribution in [0.15, 0.2) is 30.9 Å². The smallest absolute Gasteiger partial charge is 0.130 e. The van der Waals surface area contributed by atoms with Gasteiger partial charge in [-0.2, -0.15) is 0 Å². The number of aliphatic hydroxyl groups excluding tert-OH is 1. The quantitative estimate of drug-likeness (QED) is 0.744. The molecule has 1 aromatic rings. The predicted molar refractivity (Wildman–Crippen MR) is 51.2 cm³/mol. The van der Waals surface area contributed by atoms with Crippen LogP contribution >= 0.6 is 11.6 Å². The van der Waals surface area contributed by atoms with E-state index in [0.717, 1.165) is 0 Å². The Bertz CT molecular complexity index is 312. The first kappa shape index (κ1) is 10.2. The SMILES string of the molecule is C=CCC(O)c1ccc(Cl)cc1F. The van der Waals surface area contributed by atoms with Crippen LogP contribution in [0, 0.1) is 5.82 Å². The van der Waals surface area contributed by atoms with Gasteiger partial charge in [0.2, 0.25) is 0 Å². The molecule has 1 N–H and O–H groups in total. The van der Waals surface area contributed by atoms with E-state index in [4.69, 9.17) is 11.6 Å². The van der Waals surface area contributed by atoms with E-state index in [1.54, 1.807) is 12.1 Å². The average Bonchev–Trinajstić information content (AvgIpc) is 2.04. The summed E-state index contributed by atoms with van der Waals surface area (Å²) in [6.45, 7) is 3.46. The number of aliphatic hydroxyl groups is 1. The minimum absolute atomic E-state index is 0.254. The zero-order chi connectivity index (χ0) is 9.84. The molecule has 1 rings (SSSR count). The van der Waals surface area contributed by atoms with Gasteiger partial charge in [0.05, 0.1) is 6.10 Å². The summed E-state index contributed by atoms with van der Waals surface area (Å²) < 4.78 is 13.1. The summed E-state index contributed by atoms with van der Waals surface area (Å²) in [6, 6.07) is 4.21. The first-order valence-corrected chi connectivity index (χ1v) is 4.27. The van der Waals surface area contributed by atoms with E-state index < -0.39 is 11.9 Å². The van der Waals surface area contributed by atoms with Gasteiger partial charge >= 0.3 is 0 Å². The van der Waals surface area contributed by atoms with E-state index in [2.05, 4.69) is 6.58 Å². The minimum atomic E-state index is -0.838. The molecule has 0 saturated carbocycles. The molecule has 0 spiro atoms. The van der Waals surface area contributed by atoms with Crippen LogP contribution in [0.25, 0.3) is 0 Å². The molecule has 0 aliphatic rings. The van der Waals surface area contributed by atoms with Crippen LogP contribution in [0.2, 0.25) is 5.02 Å². The van der Waals surface area contributed by atoms with Gasteiger partial charge in [-0.1, -0.05) is 23.7 Å². The number of hydrogen-bond donors (Lipinski definition) is 1. The lowest BCUT2D eigenvalue weighted by Gasteiger charge is -2.09. The third-order valence-electron chi connectivity index (χ3n) is 1.71. The maximum Gasteiger partial charge on any atom is 0.130 e. The maximum absolute atomic E-state index is 13.1. The standard InChI is InChI=1S/C10H10ClFO/c1-2-3-10(13)8-5-4-7(11)6-9(8)12/h2,4-6,10,13H,1,3H2. The second-order valence-corrected chi connectivity index (χ2v) is 3.14. The monoisotopic (exact) mass is 200 g/mol. The van der Waals surface area contributed by atoms with Crippen LogP contribution in [0.4, 0.5) is 4.39 Å². The Kier molecular flexibility index (Phi) is 3.46. The average molecular weight is 201 g/mol. The molecule has 0 aliphatic heterocycles. The highest BCUT2D eigenvalue weighted by Crippen LogP contribution is 2.22. The molecule has 1 atom stereocenters. The van der Waals surface area contributed by atoms with Crippen LogP contribution in [0.3, 0.4) is 0 Å². The zero-order valence-corrected chi connectivity index (χ0v) is 7.76. The molecule has 0 fully saturated rings. The molecule has 0 radical (unpaired) electrons. The van der Waals surface area contributed by atoms with Gasteiger partial charge in [-0.25, -0.2) is 4.39 Å². The highest BCUT2D eigenvalue weighted by molar-refractivity contribution is 6.30. The molecule has 0 heterocycles. The Morgan fingerprint density at radius 1 is 1.62 bits per heavy atom. The molecular weight excluding hydrogens is 191 g/mol. The number of rotatable bonds is 3. The van der Waals surface area contributed by atoms with Gasteiger partial charge in [-0.15, -0.1) is 6.58 Å². The van der Waals surface area contributed by atoms with E-state index in [1.807, 2.05) is 0 Å². The fraction of sp³-hybridized carbons (Fsp3) is 0.200. The van der Waals surface area contributed by atoms with Crippen molar-refractivity contribution in [3.05, 3.63) is 47.3 Å². The highest BCUT2D eigenvalue weighted by Gasteiger charge is 2.10. The van der Waals surface area contributed by atoms with Crippen molar-refractivity contribution in [2.45, 2.75) is 12.5 Å². The maximum atomic E-state index is 13.1. The molecule has 0 aliphatic carbocycles. The third-order valence-corrected chi connectivity index (χ3v) is 1.95. The summed E-state index contributed by atoms with van der Waals surface area (Å²) in [7, 11) is 0. The number of benzene rings is 1. The molecule has 13 heavy (non-hydrogen) atoms. The second-order valence-electron chi connectivity index (χ2n) is 2.71. The van der Waals surface area contributed by atoms with Crippen molar-refractivity contribution in [1.82, 2.24) is 0 Å². The predicted octanol–water partition coefficient (Wildman–Crippen LogP) is 3.09. The molecular formula is C10H10ClFO. The Morgan fingerprint density at radius 2 is 2.31 bits per heavy atom. The van der Waals surface area contributed by atoms with Crippen LogP contribution in [0.1, 0.15) is 18.1 Å². The molecule has 0 saturated heterocycles. The molecule has 70 valence electrons. The van der Waals surface area contributed by atoms with Crippen LogP contribution in [-0.2, 0) is 0 Å². The second kappa shape index (κ2) is 4.40. The van der Waals surface area contributed by atoms with E-state index in [1.165, 1.54) is 12.1 Å². The molecule has 0 aromatic heterocycles. The third kappa shape index (κ3) is 2.54. The van der Waals surface area contributed by atoms with Crippen LogP contribution in [-0.4, -0.2) is 5.11 Å². The van der Waals surface area contributed by atoms with Crippen molar-refractivity contribution < 1.29 is 9.50 Å². The summed E-state index contributed by atoms with van der Waals surface area (Å²) in [5.74, 6) is -0.484. The van der Waals surface area contributed by atoms with Gasteiger partial charge in [0.15, 0.2) is 0 Å².